The number of hydrogen-bond donors (Lipinski definition) is 2. The van der Waals surface area contributed by atoms with Crippen molar-refractivity contribution in [3.05, 3.63) is 87.4 Å². The summed E-state index contributed by atoms with van der Waals surface area (Å²) in [4.78, 5) is 24.1. The van der Waals surface area contributed by atoms with Crippen molar-refractivity contribution >= 4 is 46.9 Å². The molecule has 2 N–H and O–H groups in total. The highest BCUT2D eigenvalue weighted by Crippen LogP contribution is 2.29. The minimum absolute atomic E-state index is 0.325. The first-order valence-corrected chi connectivity index (χ1v) is 11.2. The fourth-order valence-electron chi connectivity index (χ4n) is 2.86. The Hall–Kier alpha value is -3.55. The predicted octanol–water partition coefficient (Wildman–Crippen LogP) is 5.37. The topological polar surface area (TPSA) is 89.0 Å². The van der Waals surface area contributed by atoms with E-state index in [1.165, 1.54) is 6.21 Å². The number of rotatable bonds is 8. The minimum Gasteiger partial charge on any atom is -0.490 e. The number of amides is 2. The maximum absolute atomic E-state index is 12.1. The SMILES string of the molecule is CCOc1cc(C=NNC(=O)C(=O)Nc2ccc(C)c(Cl)c2)ccc1OCc1cccc(Cl)c1. The Morgan fingerprint density at radius 2 is 1.79 bits per heavy atom. The number of carbonyl (C=O) groups excluding carboxylic acids is 2. The van der Waals surface area contributed by atoms with Crippen molar-refractivity contribution in [1.29, 1.82) is 0 Å². The highest BCUT2D eigenvalue weighted by Gasteiger charge is 2.13. The van der Waals surface area contributed by atoms with Gasteiger partial charge < -0.3 is 14.8 Å². The summed E-state index contributed by atoms with van der Waals surface area (Å²) in [7, 11) is 0. The van der Waals surface area contributed by atoms with E-state index in [0.29, 0.717) is 46.0 Å². The zero-order valence-corrected chi connectivity index (χ0v) is 20.1. The van der Waals surface area contributed by atoms with Crippen LogP contribution in [0.4, 0.5) is 5.69 Å². The normalized spacial score (nSPS) is 10.7. The lowest BCUT2D eigenvalue weighted by Crippen LogP contribution is -2.32. The average molecular weight is 500 g/mol. The number of benzene rings is 3. The van der Waals surface area contributed by atoms with Crippen molar-refractivity contribution in [3.63, 3.8) is 0 Å². The summed E-state index contributed by atoms with van der Waals surface area (Å²) in [5.74, 6) is -0.704. The van der Waals surface area contributed by atoms with Gasteiger partial charge in [0.1, 0.15) is 6.61 Å². The maximum Gasteiger partial charge on any atom is 0.329 e. The van der Waals surface area contributed by atoms with Crippen molar-refractivity contribution in [1.82, 2.24) is 5.43 Å². The largest absolute Gasteiger partial charge is 0.490 e. The van der Waals surface area contributed by atoms with Crippen LogP contribution in [0.2, 0.25) is 10.0 Å². The zero-order chi connectivity index (χ0) is 24.5. The Bertz CT molecular complexity index is 1210. The molecule has 0 aliphatic rings. The van der Waals surface area contributed by atoms with Gasteiger partial charge in [-0.15, -0.1) is 0 Å². The third kappa shape index (κ3) is 7.23. The molecule has 0 saturated carbocycles. The highest BCUT2D eigenvalue weighted by molar-refractivity contribution is 6.39. The molecule has 0 saturated heterocycles. The Labute approximate surface area is 207 Å². The lowest BCUT2D eigenvalue weighted by Gasteiger charge is -2.12. The van der Waals surface area contributed by atoms with E-state index in [9.17, 15) is 9.59 Å². The van der Waals surface area contributed by atoms with Gasteiger partial charge in [-0.3, -0.25) is 9.59 Å². The van der Waals surface area contributed by atoms with E-state index in [1.807, 2.05) is 32.0 Å². The molecule has 34 heavy (non-hydrogen) atoms. The van der Waals surface area contributed by atoms with E-state index in [0.717, 1.165) is 11.1 Å². The molecule has 0 aliphatic carbocycles. The number of halogens is 2. The first-order valence-electron chi connectivity index (χ1n) is 10.4. The van der Waals surface area contributed by atoms with Crippen LogP contribution in [-0.4, -0.2) is 24.6 Å². The lowest BCUT2D eigenvalue weighted by atomic mass is 10.2. The van der Waals surface area contributed by atoms with E-state index < -0.39 is 11.8 Å². The van der Waals surface area contributed by atoms with Crippen molar-refractivity contribution in [3.8, 4) is 11.5 Å². The summed E-state index contributed by atoms with van der Waals surface area (Å²) in [6.07, 6.45) is 1.40. The Morgan fingerprint density at radius 1 is 0.971 bits per heavy atom. The van der Waals surface area contributed by atoms with Crippen LogP contribution in [0.15, 0.2) is 65.8 Å². The smallest absolute Gasteiger partial charge is 0.329 e. The molecule has 3 aromatic rings. The van der Waals surface area contributed by atoms with Gasteiger partial charge in [-0.2, -0.15) is 5.10 Å². The summed E-state index contributed by atoms with van der Waals surface area (Å²) >= 11 is 12.0. The number of anilines is 1. The molecule has 0 spiro atoms. The minimum atomic E-state index is -0.917. The van der Waals surface area contributed by atoms with Crippen LogP contribution in [-0.2, 0) is 16.2 Å². The molecule has 0 fully saturated rings. The molecule has 0 unspecified atom stereocenters. The first-order chi connectivity index (χ1) is 16.4. The number of hydrogen-bond acceptors (Lipinski definition) is 5. The van der Waals surface area contributed by atoms with Crippen molar-refractivity contribution < 1.29 is 19.1 Å². The lowest BCUT2D eigenvalue weighted by molar-refractivity contribution is -0.136. The van der Waals surface area contributed by atoms with Gasteiger partial charge >= 0.3 is 11.8 Å². The molecule has 0 aliphatic heterocycles. The summed E-state index contributed by atoms with van der Waals surface area (Å²) < 4.78 is 11.5. The standard InChI is InChI=1S/C25H23Cl2N3O4/c1-3-33-23-12-17(8-10-22(23)34-15-18-5-4-6-19(26)11-18)14-28-30-25(32)24(31)29-20-9-7-16(2)21(27)13-20/h4-14H,3,15H2,1-2H3,(H,29,31)(H,30,32). The number of ether oxygens (including phenoxy) is 2. The number of nitrogens with zero attached hydrogens (tertiary/aromatic N) is 1. The molecule has 2 amide bonds. The van der Waals surface area contributed by atoms with Crippen molar-refractivity contribution in [2.75, 3.05) is 11.9 Å². The molecular weight excluding hydrogens is 477 g/mol. The van der Waals surface area contributed by atoms with Crippen LogP contribution in [0.1, 0.15) is 23.6 Å². The van der Waals surface area contributed by atoms with Crippen molar-refractivity contribution in [2.45, 2.75) is 20.5 Å². The molecule has 176 valence electrons. The van der Waals surface area contributed by atoms with Crippen LogP contribution >= 0.6 is 23.2 Å². The average Bonchev–Trinajstić information content (AvgIpc) is 2.81. The van der Waals surface area contributed by atoms with Gasteiger partial charge in [0, 0.05) is 15.7 Å². The molecule has 3 rings (SSSR count). The molecule has 0 atom stereocenters. The third-order valence-corrected chi connectivity index (χ3v) is 5.21. The van der Waals surface area contributed by atoms with Gasteiger partial charge in [-0.1, -0.05) is 41.4 Å². The fraction of sp³-hybridized carbons (Fsp3) is 0.160. The summed E-state index contributed by atoms with van der Waals surface area (Å²) in [5, 5.41) is 7.44. The summed E-state index contributed by atoms with van der Waals surface area (Å²) in [6, 6.07) is 17.6. The van der Waals surface area contributed by atoms with Crippen LogP contribution in [0.3, 0.4) is 0 Å². The van der Waals surface area contributed by atoms with Gasteiger partial charge in [-0.25, -0.2) is 5.43 Å². The zero-order valence-electron chi connectivity index (χ0n) is 18.6. The van der Waals surface area contributed by atoms with Gasteiger partial charge in [0.15, 0.2) is 11.5 Å². The molecule has 3 aromatic carbocycles. The maximum atomic E-state index is 12.1. The predicted molar refractivity (Wildman–Crippen MR) is 134 cm³/mol. The Morgan fingerprint density at radius 3 is 2.53 bits per heavy atom. The van der Waals surface area contributed by atoms with Gasteiger partial charge in [0.05, 0.1) is 12.8 Å². The number of nitrogens with one attached hydrogen (secondary N) is 2. The quantitative estimate of drug-likeness (QED) is 0.247. The molecule has 0 radical (unpaired) electrons. The third-order valence-electron chi connectivity index (χ3n) is 4.57. The summed E-state index contributed by atoms with van der Waals surface area (Å²) in [6.45, 7) is 4.46. The van der Waals surface area contributed by atoms with E-state index >= 15 is 0 Å². The van der Waals surface area contributed by atoms with E-state index in [1.54, 1.807) is 42.5 Å². The van der Waals surface area contributed by atoms with Crippen LogP contribution < -0.4 is 20.2 Å². The van der Waals surface area contributed by atoms with E-state index in [2.05, 4.69) is 15.8 Å². The van der Waals surface area contributed by atoms with Crippen LogP contribution in [0, 0.1) is 6.92 Å². The van der Waals surface area contributed by atoms with Gasteiger partial charge in [0.2, 0.25) is 0 Å². The highest BCUT2D eigenvalue weighted by atomic mass is 35.5. The monoisotopic (exact) mass is 499 g/mol. The number of aryl methyl sites for hydroxylation is 1. The molecular formula is C25H23Cl2N3O4. The molecule has 0 heterocycles. The summed E-state index contributed by atoms with van der Waals surface area (Å²) in [5.41, 5.74) is 5.04. The van der Waals surface area contributed by atoms with Crippen LogP contribution in [0.25, 0.3) is 0 Å². The fourth-order valence-corrected chi connectivity index (χ4v) is 3.25. The second-order valence-electron chi connectivity index (χ2n) is 7.17. The van der Waals surface area contributed by atoms with Crippen molar-refractivity contribution in [2.24, 2.45) is 5.10 Å². The van der Waals surface area contributed by atoms with E-state index in [4.69, 9.17) is 32.7 Å². The molecule has 0 aromatic heterocycles. The second kappa shape index (κ2) is 12.1. The molecule has 7 nitrogen and oxygen atoms in total. The van der Waals surface area contributed by atoms with Gasteiger partial charge in [-0.05, 0) is 73.0 Å². The Kier molecular flexibility index (Phi) is 8.90. The van der Waals surface area contributed by atoms with Crippen LogP contribution in [0.5, 0.6) is 11.5 Å². The molecule has 0 bridgehead atoms. The Balaban J connectivity index is 1.59. The number of hydrazone groups is 1. The second-order valence-corrected chi connectivity index (χ2v) is 8.02. The van der Waals surface area contributed by atoms with Gasteiger partial charge in [0.25, 0.3) is 0 Å². The van der Waals surface area contributed by atoms with E-state index in [-0.39, 0.29) is 0 Å². The first kappa shape index (κ1) is 25.1. The number of carbonyl (C=O) groups is 2. The molecule has 9 heteroatoms.